The van der Waals surface area contributed by atoms with E-state index in [0.29, 0.717) is 11.4 Å². The number of aromatic carboxylic acids is 1. The number of carboxylic acid groups (broad SMARTS) is 1. The molecule has 4 amide bonds. The molecule has 1 saturated heterocycles. The molecule has 0 aromatic heterocycles. The van der Waals surface area contributed by atoms with Gasteiger partial charge >= 0.3 is 12.0 Å². The first-order valence-corrected chi connectivity index (χ1v) is 8.44. The van der Waals surface area contributed by atoms with Crippen LogP contribution in [0.1, 0.15) is 10.4 Å². The van der Waals surface area contributed by atoms with Crippen LogP contribution < -0.4 is 20.3 Å². The fourth-order valence-corrected chi connectivity index (χ4v) is 2.85. The van der Waals surface area contributed by atoms with Crippen LogP contribution in [0.25, 0.3) is 0 Å². The van der Waals surface area contributed by atoms with Crippen LogP contribution in [0.15, 0.2) is 60.8 Å². The van der Waals surface area contributed by atoms with E-state index in [0.717, 1.165) is 4.90 Å². The molecule has 0 radical (unpaired) electrons. The quantitative estimate of drug-likeness (QED) is 0.641. The number of amides is 4. The van der Waals surface area contributed by atoms with E-state index in [1.165, 1.54) is 37.4 Å². The molecular formula is C20H17N3O6. The first kappa shape index (κ1) is 19.6. The van der Waals surface area contributed by atoms with E-state index in [-0.39, 0.29) is 16.9 Å². The number of ether oxygens (including phenoxy) is 1. The molecule has 1 aliphatic heterocycles. The molecule has 2 aromatic carbocycles. The van der Waals surface area contributed by atoms with Crippen LogP contribution in [-0.4, -0.2) is 36.0 Å². The van der Waals surface area contributed by atoms with Crippen molar-refractivity contribution in [2.24, 2.45) is 5.92 Å². The van der Waals surface area contributed by atoms with Crippen LogP contribution >= 0.6 is 0 Å². The van der Waals surface area contributed by atoms with Crippen molar-refractivity contribution in [1.82, 2.24) is 5.32 Å². The molecule has 148 valence electrons. The van der Waals surface area contributed by atoms with Gasteiger partial charge in [0, 0.05) is 11.4 Å². The summed E-state index contributed by atoms with van der Waals surface area (Å²) in [5, 5.41) is 14.0. The van der Waals surface area contributed by atoms with Gasteiger partial charge in [0.25, 0.3) is 5.91 Å². The average molecular weight is 395 g/mol. The third-order valence-electron chi connectivity index (χ3n) is 4.26. The number of barbiturate groups is 1. The molecule has 0 saturated carbocycles. The van der Waals surface area contributed by atoms with Crippen molar-refractivity contribution in [3.63, 3.8) is 0 Å². The van der Waals surface area contributed by atoms with Gasteiger partial charge in [-0.15, -0.1) is 0 Å². The lowest BCUT2D eigenvalue weighted by molar-refractivity contribution is -0.132. The molecule has 1 atom stereocenters. The Bertz CT molecular complexity index is 1020. The minimum absolute atomic E-state index is 0.000973. The Morgan fingerprint density at radius 3 is 2.48 bits per heavy atom. The van der Waals surface area contributed by atoms with Crippen LogP contribution in [-0.2, 0) is 9.59 Å². The molecule has 3 N–H and O–H groups in total. The van der Waals surface area contributed by atoms with Crippen molar-refractivity contribution in [2.75, 3.05) is 17.3 Å². The molecule has 0 bridgehead atoms. The SMILES string of the molecule is C=C(Nc1cccc(C(=O)O)c1)[C@@H]1C(=O)NC(=O)N(c2ccc(OC)cc2)C1=O. The van der Waals surface area contributed by atoms with Crippen LogP contribution in [0.4, 0.5) is 16.2 Å². The number of carbonyl (C=O) groups excluding carboxylic acids is 3. The van der Waals surface area contributed by atoms with Crippen molar-refractivity contribution in [2.45, 2.75) is 0 Å². The van der Waals surface area contributed by atoms with Gasteiger partial charge in [-0.1, -0.05) is 12.6 Å². The van der Waals surface area contributed by atoms with E-state index in [4.69, 9.17) is 9.84 Å². The minimum atomic E-state index is -1.39. The number of benzene rings is 2. The highest BCUT2D eigenvalue weighted by atomic mass is 16.5. The highest BCUT2D eigenvalue weighted by Gasteiger charge is 2.43. The van der Waals surface area contributed by atoms with Crippen molar-refractivity contribution in [1.29, 1.82) is 0 Å². The van der Waals surface area contributed by atoms with Gasteiger partial charge in [-0.25, -0.2) is 14.5 Å². The summed E-state index contributed by atoms with van der Waals surface area (Å²) >= 11 is 0. The average Bonchev–Trinajstić information content (AvgIpc) is 2.68. The van der Waals surface area contributed by atoms with Crippen molar-refractivity contribution < 1.29 is 29.0 Å². The Morgan fingerprint density at radius 2 is 1.86 bits per heavy atom. The van der Waals surface area contributed by atoms with Crippen LogP contribution in [0.2, 0.25) is 0 Å². The maximum Gasteiger partial charge on any atom is 0.335 e. The second-order valence-electron chi connectivity index (χ2n) is 6.14. The van der Waals surface area contributed by atoms with Gasteiger partial charge in [-0.3, -0.25) is 14.9 Å². The van der Waals surface area contributed by atoms with E-state index in [1.54, 1.807) is 18.2 Å². The summed E-state index contributed by atoms with van der Waals surface area (Å²) < 4.78 is 5.06. The summed E-state index contributed by atoms with van der Waals surface area (Å²) in [6, 6.07) is 11.1. The number of hydrogen-bond donors (Lipinski definition) is 3. The maximum absolute atomic E-state index is 12.9. The Balaban J connectivity index is 1.85. The van der Waals surface area contributed by atoms with Gasteiger partial charge in [0.05, 0.1) is 18.4 Å². The lowest BCUT2D eigenvalue weighted by Gasteiger charge is -2.31. The molecule has 1 fully saturated rings. The number of carboxylic acids is 1. The standard InChI is InChI=1S/C20H17N3O6/c1-11(21-13-5-3-4-12(10-13)19(26)27)16-17(24)22-20(28)23(18(16)25)14-6-8-15(29-2)9-7-14/h3-10,16,21H,1H2,2H3,(H,26,27)(H,22,24,28)/t16-/m1/s1. The molecule has 29 heavy (non-hydrogen) atoms. The Hall–Kier alpha value is -4.14. The minimum Gasteiger partial charge on any atom is -0.497 e. The predicted molar refractivity (Wildman–Crippen MR) is 104 cm³/mol. The van der Waals surface area contributed by atoms with E-state index < -0.39 is 29.7 Å². The molecule has 0 unspecified atom stereocenters. The van der Waals surface area contributed by atoms with Crippen LogP contribution in [0.3, 0.4) is 0 Å². The summed E-state index contributed by atoms with van der Waals surface area (Å²) in [6.45, 7) is 3.73. The lowest BCUT2D eigenvalue weighted by atomic mass is 10.0. The highest BCUT2D eigenvalue weighted by molar-refractivity contribution is 6.28. The molecule has 1 heterocycles. The van der Waals surface area contributed by atoms with Gasteiger partial charge < -0.3 is 15.2 Å². The molecule has 9 heteroatoms. The van der Waals surface area contributed by atoms with E-state index >= 15 is 0 Å². The Morgan fingerprint density at radius 1 is 1.17 bits per heavy atom. The fraction of sp³-hybridized carbons (Fsp3) is 0.100. The first-order chi connectivity index (χ1) is 13.8. The van der Waals surface area contributed by atoms with Crippen molar-refractivity contribution >= 4 is 35.2 Å². The van der Waals surface area contributed by atoms with Gasteiger partial charge in [0.1, 0.15) is 5.75 Å². The summed E-state index contributed by atoms with van der Waals surface area (Å²) in [4.78, 5) is 49.4. The zero-order valence-corrected chi connectivity index (χ0v) is 15.3. The monoisotopic (exact) mass is 395 g/mol. The number of imide groups is 2. The number of methoxy groups -OCH3 is 1. The summed E-state index contributed by atoms with van der Waals surface area (Å²) in [5.74, 6) is -3.58. The molecule has 3 rings (SSSR count). The molecule has 2 aromatic rings. The fourth-order valence-electron chi connectivity index (χ4n) is 2.85. The van der Waals surface area contributed by atoms with E-state index in [1.807, 2.05) is 0 Å². The normalized spacial score (nSPS) is 16.2. The number of nitrogens with one attached hydrogen (secondary N) is 2. The predicted octanol–water partition coefficient (Wildman–Crippen LogP) is 2.22. The van der Waals surface area contributed by atoms with Gasteiger partial charge in [0.15, 0.2) is 5.92 Å². The number of nitrogens with zero attached hydrogens (tertiary/aromatic N) is 1. The van der Waals surface area contributed by atoms with Gasteiger partial charge in [-0.05, 0) is 42.5 Å². The van der Waals surface area contributed by atoms with Crippen LogP contribution in [0.5, 0.6) is 5.75 Å². The van der Waals surface area contributed by atoms with Crippen LogP contribution in [0, 0.1) is 5.92 Å². The number of hydrogen-bond acceptors (Lipinski definition) is 6. The lowest BCUT2D eigenvalue weighted by Crippen LogP contribution is -2.59. The van der Waals surface area contributed by atoms with Gasteiger partial charge in [-0.2, -0.15) is 0 Å². The second kappa shape index (κ2) is 7.85. The van der Waals surface area contributed by atoms with Crippen molar-refractivity contribution in [3.05, 3.63) is 66.4 Å². The molecule has 1 aliphatic rings. The number of anilines is 2. The van der Waals surface area contributed by atoms with Gasteiger partial charge in [0.2, 0.25) is 5.91 Å². The second-order valence-corrected chi connectivity index (χ2v) is 6.14. The van der Waals surface area contributed by atoms with E-state index in [2.05, 4.69) is 17.2 Å². The maximum atomic E-state index is 12.9. The first-order valence-electron chi connectivity index (χ1n) is 8.44. The molecular weight excluding hydrogens is 378 g/mol. The van der Waals surface area contributed by atoms with Crippen molar-refractivity contribution in [3.8, 4) is 5.75 Å². The summed E-state index contributed by atoms with van der Waals surface area (Å²) in [7, 11) is 1.48. The smallest absolute Gasteiger partial charge is 0.335 e. The Labute approximate surface area is 165 Å². The molecule has 9 nitrogen and oxygen atoms in total. The zero-order chi connectivity index (χ0) is 21.1. The molecule has 0 aliphatic carbocycles. The third kappa shape index (κ3) is 3.93. The third-order valence-corrected chi connectivity index (χ3v) is 4.26. The zero-order valence-electron chi connectivity index (χ0n) is 15.3. The topological polar surface area (TPSA) is 125 Å². The summed E-state index contributed by atoms with van der Waals surface area (Å²) in [5.41, 5.74) is 0.619. The largest absolute Gasteiger partial charge is 0.497 e. The number of rotatable bonds is 6. The highest BCUT2D eigenvalue weighted by Crippen LogP contribution is 2.26. The molecule has 0 spiro atoms. The van der Waals surface area contributed by atoms with E-state index in [9.17, 15) is 19.2 Å². The summed E-state index contributed by atoms with van der Waals surface area (Å²) in [6.07, 6.45) is 0. The Kier molecular flexibility index (Phi) is 5.31. The number of urea groups is 1. The number of carbonyl (C=O) groups is 4.